The van der Waals surface area contributed by atoms with E-state index in [9.17, 15) is 0 Å². The smallest absolute Gasteiger partial charge is 0.141 e. The summed E-state index contributed by atoms with van der Waals surface area (Å²) in [7, 11) is 0. The molecule has 1 aromatic rings. The van der Waals surface area contributed by atoms with Crippen LogP contribution in [-0.2, 0) is 0 Å². The first-order valence-corrected chi connectivity index (χ1v) is 5.17. The second-order valence-corrected chi connectivity index (χ2v) is 3.96. The molecule has 1 fully saturated rings. The standard InChI is InChI=1S/C10H13ClN2O/c11-7-6-13-5-4-9(7)14-10-3-1-2-8(10)12/h4-6,8,10H,1-3,12H2. The highest BCUT2D eigenvalue weighted by atomic mass is 35.5. The molecule has 1 heterocycles. The molecule has 3 nitrogen and oxygen atoms in total. The summed E-state index contributed by atoms with van der Waals surface area (Å²) in [5.41, 5.74) is 5.89. The molecule has 0 amide bonds. The Morgan fingerprint density at radius 3 is 3.00 bits per heavy atom. The average molecular weight is 213 g/mol. The van der Waals surface area contributed by atoms with Crippen LogP contribution < -0.4 is 10.5 Å². The Labute approximate surface area is 88.2 Å². The molecule has 0 spiro atoms. The first kappa shape index (κ1) is 9.74. The predicted octanol–water partition coefficient (Wildman–Crippen LogP) is 1.99. The lowest BCUT2D eigenvalue weighted by molar-refractivity contribution is 0.191. The van der Waals surface area contributed by atoms with E-state index in [0.717, 1.165) is 19.3 Å². The Morgan fingerprint density at radius 1 is 1.50 bits per heavy atom. The maximum absolute atomic E-state index is 5.92. The molecule has 0 saturated heterocycles. The summed E-state index contributed by atoms with van der Waals surface area (Å²) in [6, 6.07) is 1.91. The Morgan fingerprint density at radius 2 is 2.36 bits per heavy atom. The van der Waals surface area contributed by atoms with E-state index >= 15 is 0 Å². The normalized spacial score (nSPS) is 26.4. The van der Waals surface area contributed by atoms with E-state index in [1.807, 2.05) is 0 Å². The van der Waals surface area contributed by atoms with Crippen LogP contribution in [0.25, 0.3) is 0 Å². The van der Waals surface area contributed by atoms with Gasteiger partial charge < -0.3 is 10.5 Å². The largest absolute Gasteiger partial charge is 0.487 e. The summed E-state index contributed by atoms with van der Waals surface area (Å²) in [6.07, 6.45) is 6.54. The molecule has 1 aliphatic rings. The predicted molar refractivity (Wildman–Crippen MR) is 55.5 cm³/mol. The van der Waals surface area contributed by atoms with E-state index in [1.165, 1.54) is 0 Å². The fourth-order valence-corrected chi connectivity index (χ4v) is 1.89. The van der Waals surface area contributed by atoms with E-state index in [-0.39, 0.29) is 12.1 Å². The zero-order valence-corrected chi connectivity index (χ0v) is 8.57. The van der Waals surface area contributed by atoms with Gasteiger partial charge in [-0.05, 0) is 19.3 Å². The number of rotatable bonds is 2. The van der Waals surface area contributed by atoms with Crippen molar-refractivity contribution in [1.82, 2.24) is 4.98 Å². The van der Waals surface area contributed by atoms with Crippen LogP contribution in [0.4, 0.5) is 0 Å². The summed E-state index contributed by atoms with van der Waals surface area (Å²) in [4.78, 5) is 3.90. The first-order valence-electron chi connectivity index (χ1n) is 4.79. The Kier molecular flexibility index (Phi) is 2.89. The van der Waals surface area contributed by atoms with E-state index in [4.69, 9.17) is 22.1 Å². The van der Waals surface area contributed by atoms with Crippen molar-refractivity contribution in [3.63, 3.8) is 0 Å². The minimum atomic E-state index is 0.106. The monoisotopic (exact) mass is 212 g/mol. The summed E-state index contributed by atoms with van der Waals surface area (Å²) in [5, 5.41) is 0.548. The molecule has 0 bridgehead atoms. The second-order valence-electron chi connectivity index (χ2n) is 3.56. The van der Waals surface area contributed by atoms with Crippen molar-refractivity contribution >= 4 is 11.6 Å². The zero-order chi connectivity index (χ0) is 9.97. The average Bonchev–Trinajstić information content (AvgIpc) is 2.56. The van der Waals surface area contributed by atoms with Gasteiger partial charge in [0.2, 0.25) is 0 Å². The molecule has 2 unspecified atom stereocenters. The van der Waals surface area contributed by atoms with Crippen LogP contribution >= 0.6 is 11.6 Å². The molecule has 2 atom stereocenters. The number of halogens is 1. The van der Waals surface area contributed by atoms with Gasteiger partial charge in [0.25, 0.3) is 0 Å². The molecule has 2 N–H and O–H groups in total. The molecule has 0 radical (unpaired) electrons. The van der Waals surface area contributed by atoms with Crippen molar-refractivity contribution in [3.05, 3.63) is 23.5 Å². The highest BCUT2D eigenvalue weighted by molar-refractivity contribution is 6.31. The fourth-order valence-electron chi connectivity index (χ4n) is 1.72. The third-order valence-corrected chi connectivity index (χ3v) is 2.80. The van der Waals surface area contributed by atoms with Crippen LogP contribution in [0.2, 0.25) is 5.02 Å². The summed E-state index contributed by atoms with van der Waals surface area (Å²) >= 11 is 5.92. The number of nitrogens with two attached hydrogens (primary N) is 1. The van der Waals surface area contributed by atoms with Crippen LogP contribution in [0.3, 0.4) is 0 Å². The lowest BCUT2D eigenvalue weighted by Gasteiger charge is -2.18. The summed E-state index contributed by atoms with van der Waals surface area (Å²) in [5.74, 6) is 0.684. The number of nitrogens with zero attached hydrogens (tertiary/aromatic N) is 1. The highest BCUT2D eigenvalue weighted by Crippen LogP contribution is 2.28. The Bertz CT molecular complexity index is 319. The van der Waals surface area contributed by atoms with Gasteiger partial charge in [0.15, 0.2) is 0 Å². The van der Waals surface area contributed by atoms with Crippen molar-refractivity contribution in [3.8, 4) is 5.75 Å². The van der Waals surface area contributed by atoms with Crippen molar-refractivity contribution < 1.29 is 4.74 Å². The van der Waals surface area contributed by atoms with Gasteiger partial charge in [0, 0.05) is 24.5 Å². The minimum Gasteiger partial charge on any atom is -0.487 e. The number of ether oxygens (including phenoxy) is 1. The molecule has 1 aromatic heterocycles. The molecule has 76 valence electrons. The third-order valence-electron chi connectivity index (χ3n) is 2.52. The fraction of sp³-hybridized carbons (Fsp3) is 0.500. The molecular weight excluding hydrogens is 200 g/mol. The van der Waals surface area contributed by atoms with Crippen molar-refractivity contribution in [2.75, 3.05) is 0 Å². The SMILES string of the molecule is NC1CCCC1Oc1ccncc1Cl. The van der Waals surface area contributed by atoms with Gasteiger partial charge in [-0.3, -0.25) is 4.98 Å². The van der Waals surface area contributed by atoms with Gasteiger partial charge in [-0.1, -0.05) is 11.6 Å². The lowest BCUT2D eigenvalue weighted by Crippen LogP contribution is -2.33. The summed E-state index contributed by atoms with van der Waals surface area (Å²) < 4.78 is 5.72. The minimum absolute atomic E-state index is 0.106. The molecule has 1 saturated carbocycles. The number of aromatic nitrogens is 1. The third kappa shape index (κ3) is 1.99. The molecule has 2 rings (SSSR count). The van der Waals surface area contributed by atoms with Gasteiger partial charge in [0.05, 0.1) is 0 Å². The van der Waals surface area contributed by atoms with E-state index < -0.39 is 0 Å². The van der Waals surface area contributed by atoms with Gasteiger partial charge in [-0.25, -0.2) is 0 Å². The van der Waals surface area contributed by atoms with Gasteiger partial charge in [0.1, 0.15) is 16.9 Å². The van der Waals surface area contributed by atoms with Gasteiger partial charge in [-0.15, -0.1) is 0 Å². The van der Waals surface area contributed by atoms with Crippen molar-refractivity contribution in [2.24, 2.45) is 5.73 Å². The molecule has 0 aromatic carbocycles. The molecule has 1 aliphatic carbocycles. The molecule has 0 aliphatic heterocycles. The maximum atomic E-state index is 5.92. The summed E-state index contributed by atoms with van der Waals surface area (Å²) in [6.45, 7) is 0. The quantitative estimate of drug-likeness (QED) is 0.816. The lowest BCUT2D eigenvalue weighted by atomic mass is 10.2. The van der Waals surface area contributed by atoms with Crippen LogP contribution in [0, 0.1) is 0 Å². The number of hydrogen-bond donors (Lipinski definition) is 1. The van der Waals surface area contributed by atoms with Crippen LogP contribution in [0.15, 0.2) is 18.5 Å². The van der Waals surface area contributed by atoms with Gasteiger partial charge >= 0.3 is 0 Å². The first-order chi connectivity index (χ1) is 6.77. The Hall–Kier alpha value is -0.800. The molecule has 4 heteroatoms. The second kappa shape index (κ2) is 4.15. The van der Waals surface area contributed by atoms with E-state index in [0.29, 0.717) is 10.8 Å². The Balaban J connectivity index is 2.07. The van der Waals surface area contributed by atoms with Crippen LogP contribution in [0.1, 0.15) is 19.3 Å². The number of hydrogen-bond acceptors (Lipinski definition) is 3. The maximum Gasteiger partial charge on any atom is 0.141 e. The van der Waals surface area contributed by atoms with Crippen molar-refractivity contribution in [2.45, 2.75) is 31.4 Å². The van der Waals surface area contributed by atoms with Crippen LogP contribution in [0.5, 0.6) is 5.75 Å². The topological polar surface area (TPSA) is 48.1 Å². The molecule has 14 heavy (non-hydrogen) atoms. The van der Waals surface area contributed by atoms with Crippen LogP contribution in [-0.4, -0.2) is 17.1 Å². The molecular formula is C10H13ClN2O. The number of pyridine rings is 1. The van der Waals surface area contributed by atoms with E-state index in [2.05, 4.69) is 4.98 Å². The highest BCUT2D eigenvalue weighted by Gasteiger charge is 2.25. The van der Waals surface area contributed by atoms with Gasteiger partial charge in [-0.2, -0.15) is 0 Å². The zero-order valence-electron chi connectivity index (χ0n) is 7.82. The van der Waals surface area contributed by atoms with E-state index in [1.54, 1.807) is 18.5 Å². The van der Waals surface area contributed by atoms with Crippen molar-refractivity contribution in [1.29, 1.82) is 0 Å².